The van der Waals surface area contributed by atoms with Crippen molar-refractivity contribution < 1.29 is 17.7 Å². The zero-order valence-corrected chi connectivity index (χ0v) is 80.6. The maximum Gasteiger partial charge on any atom is 0.143 e. The van der Waals surface area contributed by atoms with Crippen molar-refractivity contribution >= 4 is 160 Å². The topological polar surface area (TPSA) is 62.3 Å². The molecule has 3 aliphatic rings. The lowest BCUT2D eigenvalue weighted by atomic mass is 9.80. The van der Waals surface area contributed by atoms with Crippen LogP contribution in [0.4, 0.5) is 51.2 Å². The number of nitrogens with zero attached hydrogens (tertiary/aromatic N) is 3. The smallest absolute Gasteiger partial charge is 0.143 e. The Morgan fingerprint density at radius 3 is 1.09 bits per heavy atom. The molecule has 0 unspecified atom stereocenters. The highest BCUT2D eigenvalue weighted by Gasteiger charge is 2.42. The lowest BCUT2D eigenvalue weighted by Gasteiger charge is -2.28. The summed E-state index contributed by atoms with van der Waals surface area (Å²) in [5.74, 6) is 0. The normalized spacial score (nSPS) is 13.1. The molecule has 3 aliphatic carbocycles. The van der Waals surface area contributed by atoms with E-state index in [1.165, 1.54) is 122 Å². The summed E-state index contributed by atoms with van der Waals surface area (Å²) in [6.45, 7) is 14.1. The largest absolute Gasteiger partial charge is 0.456 e. The van der Waals surface area contributed by atoms with Gasteiger partial charge in [0.1, 0.15) is 44.7 Å². The van der Waals surface area contributed by atoms with Crippen LogP contribution in [-0.4, -0.2) is 0 Å². The van der Waals surface area contributed by atoms with Gasteiger partial charge in [0.15, 0.2) is 0 Å². The number of benzene rings is 22. The van der Waals surface area contributed by atoms with Crippen LogP contribution in [0.1, 0.15) is 82.3 Å². The van der Waals surface area contributed by atoms with E-state index in [0.29, 0.717) is 0 Å². The van der Waals surface area contributed by atoms with Crippen LogP contribution in [-0.2, 0) is 16.2 Å². The van der Waals surface area contributed by atoms with Crippen LogP contribution in [0.15, 0.2) is 497 Å². The number of hydrogen-bond donors (Lipinski definition) is 0. The number of para-hydroxylation sites is 5. The zero-order chi connectivity index (χ0) is 96.2. The van der Waals surface area contributed by atoms with E-state index in [1.807, 2.05) is 30.3 Å². The van der Waals surface area contributed by atoms with Gasteiger partial charge in [-0.1, -0.05) is 383 Å². The Morgan fingerprint density at radius 1 is 0.172 bits per heavy atom. The summed E-state index contributed by atoms with van der Waals surface area (Å²) in [5.41, 5.74) is 42.1. The maximum absolute atomic E-state index is 6.73. The summed E-state index contributed by atoms with van der Waals surface area (Å²) >= 11 is 0. The second-order valence-corrected chi connectivity index (χ2v) is 40.1. The SMILES string of the molecule is C.CC1(C)c2cc(N(c3ccc(-c4ccccc4)cc3)c3ccc(-c4cccc5c4oc4ccccc45)cc3)ccc2-c2c1ccc1c2oc2ccccc21.CC1(C)c2ccccc2-c2ccc(N(c3ccc(-c4ccccc4)cc3)c3ccc4c(c3)oc3ccc5c(c34)C(C)(C)c3ccccc3-5)cc21.c1ccc(-c2ccc(N(c3ccccc3)c3ccc4c(ccc5ccc6c7ccccc7oc6c54)c3)cc2)cc1. The Labute approximate surface area is 842 Å². The van der Waals surface area contributed by atoms with Gasteiger partial charge < -0.3 is 32.4 Å². The van der Waals surface area contributed by atoms with Gasteiger partial charge in [0.25, 0.3) is 0 Å². The molecule has 0 amide bonds. The minimum atomic E-state index is -0.216. The molecule has 145 heavy (non-hydrogen) atoms. The molecule has 26 aromatic rings. The van der Waals surface area contributed by atoms with Crippen molar-refractivity contribution in [1.29, 1.82) is 0 Å². The number of hydrogen-bond acceptors (Lipinski definition) is 7. The molecule has 0 saturated heterocycles. The summed E-state index contributed by atoms with van der Waals surface area (Å²) in [6.07, 6.45) is 0. The first-order chi connectivity index (χ1) is 70.7. The fourth-order valence-corrected chi connectivity index (χ4v) is 23.7. The number of anilines is 9. The molecule has 7 heteroatoms. The summed E-state index contributed by atoms with van der Waals surface area (Å²) in [6, 6.07) is 172. The predicted octanol–water partition coefficient (Wildman–Crippen LogP) is 39.6. The standard InChI is InChI=1S/C51H35NO2.C48H37NO.C38H25NO.CH4/c1-51(2)44-30-29-42-40-14-7-9-18-47(40)54-50(42)48(44)43-28-27-37(31-45(43)51)52(35-23-19-33(20-24-35)32-11-4-3-5-12-32)36-25-21-34(22-26-36)38-15-10-16-41-39-13-6-8-17-46(39)53-49(38)41;1-47(2)40-16-10-8-14-35(40)37-24-22-33(28-42(37)47)49(32-20-18-31(19-21-32)30-12-6-5-7-13-30)34-23-25-39-44(29-34)50-43-27-26-38-36-15-9-11-17-41(36)48(3,4)46(38)45(39)43;1-3-9-26(10-4-1)27-17-20-31(21-18-27)39(30-11-5-2-6-12-30)32-22-24-33-29(25-32)16-15-28-19-23-35-34-13-7-8-14-36(34)40-38(35)37(28)33;/h3-31H,1-2H3;5-29H,1-4H3;1-25H;1H4. The van der Waals surface area contributed by atoms with Gasteiger partial charge in [0.2, 0.25) is 0 Å². The van der Waals surface area contributed by atoms with Gasteiger partial charge in [-0.15, -0.1) is 0 Å². The van der Waals surface area contributed by atoms with E-state index in [9.17, 15) is 0 Å². The molecule has 0 bridgehead atoms. The summed E-state index contributed by atoms with van der Waals surface area (Å²) in [7, 11) is 0. The van der Waals surface area contributed by atoms with Gasteiger partial charge in [0, 0.05) is 133 Å². The Kier molecular flexibility index (Phi) is 20.7. The van der Waals surface area contributed by atoms with E-state index in [2.05, 4.69) is 505 Å². The highest BCUT2D eigenvalue weighted by atomic mass is 16.3. The van der Waals surface area contributed by atoms with Crippen molar-refractivity contribution in [3.8, 4) is 77.9 Å². The molecule has 7 nitrogen and oxygen atoms in total. The molecule has 0 atom stereocenters. The van der Waals surface area contributed by atoms with Gasteiger partial charge >= 0.3 is 0 Å². The highest BCUT2D eigenvalue weighted by molar-refractivity contribution is 6.24. The van der Waals surface area contributed by atoms with Gasteiger partial charge in [0.05, 0.1) is 0 Å². The number of fused-ring (bicyclic) bond motifs is 27. The van der Waals surface area contributed by atoms with E-state index in [0.717, 1.165) is 150 Å². The molecule has 0 saturated carbocycles. The maximum atomic E-state index is 6.73. The minimum Gasteiger partial charge on any atom is -0.456 e. The fraction of sp³-hybridized carbons (Fsp3) is 0.0725. The van der Waals surface area contributed by atoms with Crippen molar-refractivity contribution in [3.63, 3.8) is 0 Å². The van der Waals surface area contributed by atoms with E-state index in [4.69, 9.17) is 17.7 Å². The zero-order valence-electron chi connectivity index (χ0n) is 80.6. The Morgan fingerprint density at radius 2 is 0.524 bits per heavy atom. The average molecular weight is 1870 g/mol. The van der Waals surface area contributed by atoms with E-state index < -0.39 is 0 Å². The molecule has 0 spiro atoms. The molecular formula is C138H101N3O4. The Hall–Kier alpha value is -18.0. The monoisotopic (exact) mass is 1860 g/mol. The predicted molar refractivity (Wildman–Crippen MR) is 609 cm³/mol. The quantitative estimate of drug-likeness (QED) is 0.107. The summed E-state index contributed by atoms with van der Waals surface area (Å²) in [5, 5.41) is 14.0. The van der Waals surface area contributed by atoms with Crippen molar-refractivity contribution in [2.24, 2.45) is 0 Å². The molecule has 4 heterocycles. The number of rotatable bonds is 13. The third-order valence-electron chi connectivity index (χ3n) is 30.8. The van der Waals surface area contributed by atoms with Crippen LogP contribution in [0.5, 0.6) is 0 Å². The van der Waals surface area contributed by atoms with Crippen LogP contribution in [0.2, 0.25) is 0 Å². The lowest BCUT2D eigenvalue weighted by molar-refractivity contribution is 0.653. The van der Waals surface area contributed by atoms with Crippen LogP contribution < -0.4 is 14.7 Å². The number of furan rings is 4. The molecule has 0 N–H and O–H groups in total. The van der Waals surface area contributed by atoms with Crippen LogP contribution in [0, 0.1) is 0 Å². The van der Waals surface area contributed by atoms with E-state index >= 15 is 0 Å². The van der Waals surface area contributed by atoms with Gasteiger partial charge in [-0.2, -0.15) is 0 Å². The molecule has 0 fully saturated rings. The Bertz CT molecular complexity index is 9580. The van der Waals surface area contributed by atoms with Crippen molar-refractivity contribution in [2.75, 3.05) is 14.7 Å². The van der Waals surface area contributed by atoms with Crippen LogP contribution >= 0.6 is 0 Å². The molecular weight excluding hydrogens is 1760 g/mol. The molecule has 4 aromatic heterocycles. The first-order valence-corrected chi connectivity index (χ1v) is 49.8. The van der Waals surface area contributed by atoms with Gasteiger partial charge in [-0.25, -0.2) is 0 Å². The molecule has 692 valence electrons. The molecule has 0 aliphatic heterocycles. The van der Waals surface area contributed by atoms with Gasteiger partial charge in [-0.05, 0) is 256 Å². The van der Waals surface area contributed by atoms with Gasteiger partial charge in [-0.3, -0.25) is 0 Å². The molecule has 0 radical (unpaired) electrons. The third kappa shape index (κ3) is 14.4. The van der Waals surface area contributed by atoms with Crippen LogP contribution in [0.3, 0.4) is 0 Å². The first-order valence-electron chi connectivity index (χ1n) is 49.8. The minimum absolute atomic E-state index is 0. The summed E-state index contributed by atoms with van der Waals surface area (Å²) in [4.78, 5) is 7.07. The van der Waals surface area contributed by atoms with Crippen molar-refractivity contribution in [3.05, 3.63) is 513 Å². The van der Waals surface area contributed by atoms with Crippen molar-refractivity contribution in [1.82, 2.24) is 0 Å². The highest BCUT2D eigenvalue weighted by Crippen LogP contribution is 2.58. The van der Waals surface area contributed by atoms with E-state index in [1.54, 1.807) is 0 Å². The van der Waals surface area contributed by atoms with Crippen molar-refractivity contribution in [2.45, 2.75) is 65.2 Å². The lowest BCUT2D eigenvalue weighted by Crippen LogP contribution is -2.16. The second-order valence-electron chi connectivity index (χ2n) is 40.1. The molecule has 29 rings (SSSR count). The van der Waals surface area contributed by atoms with Crippen LogP contribution in [0.25, 0.3) is 187 Å². The Balaban J connectivity index is 0.000000112. The second kappa shape index (κ2) is 34.4. The molecule has 22 aromatic carbocycles. The third-order valence-corrected chi connectivity index (χ3v) is 30.8. The first kappa shape index (κ1) is 87.2. The summed E-state index contributed by atoms with van der Waals surface area (Å²) < 4.78 is 26.2. The fourth-order valence-electron chi connectivity index (χ4n) is 23.7. The average Bonchev–Trinajstić information content (AvgIpc) is 1.55. The van der Waals surface area contributed by atoms with E-state index in [-0.39, 0.29) is 23.7 Å².